The van der Waals surface area contributed by atoms with Crippen LogP contribution in [-0.2, 0) is 100 Å². The van der Waals surface area contributed by atoms with Crippen LogP contribution in [0.1, 0.15) is 131 Å². The molecule has 4 N–H and O–H groups in total. The number of benzene rings is 2. The van der Waals surface area contributed by atoms with Crippen molar-refractivity contribution in [2.75, 3.05) is 41.1 Å². The van der Waals surface area contributed by atoms with Crippen LogP contribution in [0.2, 0.25) is 0 Å². The number of halogens is 6. The molecule has 9 atom stereocenters. The van der Waals surface area contributed by atoms with Crippen LogP contribution in [0.3, 0.4) is 0 Å². The van der Waals surface area contributed by atoms with Gasteiger partial charge in [0.15, 0.2) is 30.5 Å². The van der Waals surface area contributed by atoms with Crippen molar-refractivity contribution in [2.45, 2.75) is 166 Å². The standard InChI is InChI=1S/C58H72I6N4O23/c1-20(2)49(73)83-19-58(48(89-54(78)25(11)12)45(86-51(75)22(5)6)31(90-58)18-82-56(80)33-36(61)42(67-28(15)71)39(64)43(37(33)62)68-29(16)72)91-57-47(88-53(77)24(9)10)46(87-52(76)23(7)8)44(85-50(74)21(3)4)30(84-57)17-81-55(79)32-34(59)40(65-26(13)69)38(63)41(35(32)60)66-27(14)70/h20-25,30-31,44-48,57H,17-19H2,1-16H3,(H,65,69)(H,66,70)(H,67,71)(H,68,72)/t30-,31-,44-,45-,46+,47-,48+,57-,58+/m1/s1. The molecule has 2 aromatic carbocycles. The zero-order chi connectivity index (χ0) is 69.2. The van der Waals surface area contributed by atoms with Gasteiger partial charge in [-0.25, -0.2) is 9.59 Å². The van der Waals surface area contributed by atoms with Crippen molar-refractivity contribution >= 4 is 230 Å². The predicted octanol–water partition coefficient (Wildman–Crippen LogP) is 9.04. The van der Waals surface area contributed by atoms with Gasteiger partial charge >= 0.3 is 47.8 Å². The second-order valence-corrected chi connectivity index (χ2v) is 29.2. The summed E-state index contributed by atoms with van der Waals surface area (Å²) in [6, 6.07) is 0. The number of amides is 4. The zero-order valence-electron chi connectivity index (χ0n) is 52.4. The molecule has 504 valence electrons. The largest absolute Gasteiger partial charge is 0.460 e. The van der Waals surface area contributed by atoms with E-state index in [9.17, 15) is 57.5 Å². The maximum Gasteiger partial charge on any atom is 0.340 e. The van der Waals surface area contributed by atoms with Crippen LogP contribution >= 0.6 is 136 Å². The maximum absolute atomic E-state index is 14.7. The number of hydrogen-bond acceptors (Lipinski definition) is 23. The second-order valence-electron chi connectivity index (χ2n) is 22.7. The summed E-state index contributed by atoms with van der Waals surface area (Å²) >= 11 is 11.1. The van der Waals surface area contributed by atoms with Gasteiger partial charge in [0.1, 0.15) is 32.0 Å². The van der Waals surface area contributed by atoms with Crippen LogP contribution in [0.4, 0.5) is 22.7 Å². The van der Waals surface area contributed by atoms with E-state index >= 15 is 0 Å². The molecule has 33 heteroatoms. The minimum atomic E-state index is -2.84. The highest BCUT2D eigenvalue weighted by molar-refractivity contribution is 14.1. The third-order valence-electron chi connectivity index (χ3n) is 12.9. The first-order valence-corrected chi connectivity index (χ1v) is 34.7. The minimum Gasteiger partial charge on any atom is -0.460 e. The lowest BCUT2D eigenvalue weighted by Gasteiger charge is -2.47. The van der Waals surface area contributed by atoms with E-state index < -0.39 is 182 Å². The van der Waals surface area contributed by atoms with Crippen LogP contribution in [0.15, 0.2) is 0 Å². The Hall–Kier alpha value is -3.66. The van der Waals surface area contributed by atoms with Crippen LogP contribution in [-0.4, -0.2) is 146 Å². The van der Waals surface area contributed by atoms with E-state index in [2.05, 4.69) is 21.3 Å². The van der Waals surface area contributed by atoms with Crippen LogP contribution in [0.25, 0.3) is 0 Å². The molecule has 0 radical (unpaired) electrons. The van der Waals surface area contributed by atoms with E-state index in [1.807, 2.05) is 136 Å². The molecule has 0 aromatic heterocycles. The summed E-state index contributed by atoms with van der Waals surface area (Å²) < 4.78 is 70.3. The predicted molar refractivity (Wildman–Crippen MR) is 374 cm³/mol. The molecule has 0 aliphatic carbocycles. The van der Waals surface area contributed by atoms with Crippen molar-refractivity contribution in [1.82, 2.24) is 0 Å². The van der Waals surface area contributed by atoms with Gasteiger partial charge in [0, 0.05) is 27.7 Å². The summed E-state index contributed by atoms with van der Waals surface area (Å²) in [5.74, 6) is -18.3. The summed E-state index contributed by atoms with van der Waals surface area (Å²) in [5.41, 5.74) is 0.237. The fourth-order valence-corrected chi connectivity index (χ4v) is 16.5. The van der Waals surface area contributed by atoms with Crippen molar-refractivity contribution in [1.29, 1.82) is 0 Å². The molecule has 2 heterocycles. The van der Waals surface area contributed by atoms with Crippen molar-refractivity contribution in [3.63, 3.8) is 0 Å². The van der Waals surface area contributed by atoms with Crippen LogP contribution in [0, 0.1) is 56.9 Å². The molecule has 91 heavy (non-hydrogen) atoms. The van der Waals surface area contributed by atoms with E-state index in [-0.39, 0.29) is 48.2 Å². The van der Waals surface area contributed by atoms with Crippen LogP contribution < -0.4 is 21.3 Å². The lowest BCUT2D eigenvalue weighted by atomic mass is 9.96. The first kappa shape index (κ1) is 79.8. The zero-order valence-corrected chi connectivity index (χ0v) is 65.3. The summed E-state index contributed by atoms with van der Waals surface area (Å²) in [6.45, 7) is 19.7. The van der Waals surface area contributed by atoms with E-state index in [1.54, 1.807) is 0 Å². The summed E-state index contributed by atoms with van der Waals surface area (Å²) in [5, 5.41) is 10.7. The van der Waals surface area contributed by atoms with E-state index in [0.717, 1.165) is 0 Å². The fraction of sp³-hybridized carbons (Fsp3) is 0.586. The molecule has 0 spiro atoms. The van der Waals surface area contributed by atoms with Gasteiger partial charge in [0.2, 0.25) is 35.7 Å². The van der Waals surface area contributed by atoms with Gasteiger partial charge in [-0.05, 0) is 136 Å². The average Bonchev–Trinajstić information content (AvgIpc) is 1.71. The summed E-state index contributed by atoms with van der Waals surface area (Å²) in [4.78, 5) is 164. The summed E-state index contributed by atoms with van der Waals surface area (Å²) in [7, 11) is 0. The summed E-state index contributed by atoms with van der Waals surface area (Å²) in [6.07, 6.45) is -15.7. The number of nitrogens with one attached hydrogen (secondary N) is 4. The quantitative estimate of drug-likeness (QED) is 0.0409. The Balaban J connectivity index is 2.13. The number of carbonyl (C=O) groups is 12. The number of rotatable bonds is 25. The van der Waals surface area contributed by atoms with E-state index in [4.69, 9.17) is 52.1 Å². The molecule has 2 aromatic rings. The SMILES string of the molecule is CC(=O)Nc1c(I)c(NC(C)=O)c(I)c(C(=O)OC[C@H]2O[C@@](COC(=O)C(C)C)(O[C@H]3O[C@H](COC(=O)c4c(I)c(NC(C)=O)c(I)c(NC(C)=O)c4I)[C@@H](OC(=O)C(C)C)[C@H](OC(=O)C(C)C)[C@H]3OC(=O)C(C)C)[C@@H](OC(=O)C(C)C)[C@@H]2OC(=O)C(C)C)c1I. The Morgan fingerprint density at radius 2 is 0.703 bits per heavy atom. The van der Waals surface area contributed by atoms with Crippen molar-refractivity contribution in [3.8, 4) is 0 Å². The number of esters is 8. The highest BCUT2D eigenvalue weighted by Crippen LogP contribution is 2.45. The molecular formula is C58H72I6N4O23. The van der Waals surface area contributed by atoms with Crippen molar-refractivity contribution < 1.29 is 110 Å². The smallest absolute Gasteiger partial charge is 0.340 e. The van der Waals surface area contributed by atoms with E-state index in [1.165, 1.54) is 111 Å². The Morgan fingerprint density at radius 3 is 1.04 bits per heavy atom. The second kappa shape index (κ2) is 34.8. The molecule has 0 bridgehead atoms. The first-order chi connectivity index (χ1) is 42.2. The third-order valence-corrected chi connectivity index (χ3v) is 19.3. The van der Waals surface area contributed by atoms with Gasteiger partial charge in [0.05, 0.1) is 90.8 Å². The van der Waals surface area contributed by atoms with Gasteiger partial charge in [-0.3, -0.25) is 47.9 Å². The van der Waals surface area contributed by atoms with Crippen molar-refractivity contribution in [3.05, 3.63) is 32.5 Å². The van der Waals surface area contributed by atoms with Gasteiger partial charge in [0.25, 0.3) is 0 Å². The lowest BCUT2D eigenvalue weighted by molar-refractivity contribution is -0.385. The number of anilines is 4. The normalized spacial score (nSPS) is 21.2. The number of ether oxygens (including phenoxy) is 11. The topological polar surface area (TPSA) is 354 Å². The first-order valence-electron chi connectivity index (χ1n) is 28.2. The molecule has 2 aliphatic heterocycles. The molecule has 2 saturated heterocycles. The monoisotopic (exact) mass is 1950 g/mol. The average molecular weight is 1950 g/mol. The fourth-order valence-electron chi connectivity index (χ4n) is 8.18. The third kappa shape index (κ3) is 20.7. The Bertz CT molecular complexity index is 3090. The number of carbonyl (C=O) groups excluding carboxylic acids is 12. The highest BCUT2D eigenvalue weighted by atomic mass is 127. The maximum atomic E-state index is 14.7. The van der Waals surface area contributed by atoms with Gasteiger partial charge in [-0.2, -0.15) is 0 Å². The molecule has 0 unspecified atom stereocenters. The van der Waals surface area contributed by atoms with Crippen LogP contribution in [0.5, 0.6) is 0 Å². The van der Waals surface area contributed by atoms with Gasteiger partial charge < -0.3 is 73.4 Å². The molecular weight excluding hydrogens is 1880 g/mol. The van der Waals surface area contributed by atoms with Gasteiger partial charge in [-0.15, -0.1) is 0 Å². The molecule has 4 amide bonds. The molecule has 2 fully saturated rings. The Kier molecular flexibility index (Phi) is 30.5. The van der Waals surface area contributed by atoms with Crippen molar-refractivity contribution in [2.24, 2.45) is 35.5 Å². The number of hydrogen-bond donors (Lipinski definition) is 4. The van der Waals surface area contributed by atoms with E-state index in [0.29, 0.717) is 7.14 Å². The Morgan fingerprint density at radius 1 is 0.396 bits per heavy atom. The molecule has 0 saturated carbocycles. The molecule has 2 aliphatic rings. The lowest BCUT2D eigenvalue weighted by Crippen LogP contribution is -2.66. The highest BCUT2D eigenvalue weighted by Gasteiger charge is 2.66. The Labute approximate surface area is 607 Å². The molecule has 27 nitrogen and oxygen atoms in total. The molecule has 4 rings (SSSR count). The minimum absolute atomic E-state index is 0.135. The van der Waals surface area contributed by atoms with Gasteiger partial charge in [-0.1, -0.05) is 83.1 Å².